The number of alkyl halides is 1. The van der Waals surface area contributed by atoms with Crippen LogP contribution in [0.15, 0.2) is 24.3 Å². The number of anilines is 2. The Morgan fingerprint density at radius 1 is 1.27 bits per heavy atom. The van der Waals surface area contributed by atoms with Crippen molar-refractivity contribution in [2.45, 2.75) is 0 Å². The zero-order valence-corrected chi connectivity index (χ0v) is 6.93. The monoisotopic (exact) mass is 170 g/mol. The quantitative estimate of drug-likeness (QED) is 0.538. The van der Waals surface area contributed by atoms with E-state index >= 15 is 0 Å². The summed E-state index contributed by atoms with van der Waals surface area (Å²) in [6.07, 6.45) is 0. The highest BCUT2D eigenvalue weighted by Crippen LogP contribution is 2.09. The number of nitrogens with one attached hydrogen (secondary N) is 1. The lowest BCUT2D eigenvalue weighted by Gasteiger charge is -2.02. The van der Waals surface area contributed by atoms with Gasteiger partial charge in [-0.2, -0.15) is 0 Å². The van der Waals surface area contributed by atoms with E-state index in [1.807, 2.05) is 24.3 Å². The maximum atomic E-state index is 5.50. The number of nitrogen functional groups attached to an aromatic ring is 1. The van der Waals surface area contributed by atoms with Gasteiger partial charge in [0.15, 0.2) is 0 Å². The molecule has 0 unspecified atom stereocenters. The summed E-state index contributed by atoms with van der Waals surface area (Å²) in [4.78, 5) is 0. The lowest BCUT2D eigenvalue weighted by molar-refractivity contribution is 1.22. The minimum absolute atomic E-state index is 0.615. The normalized spacial score (nSPS) is 9.55. The van der Waals surface area contributed by atoms with Gasteiger partial charge in [-0.25, -0.2) is 0 Å². The maximum absolute atomic E-state index is 5.50. The summed E-state index contributed by atoms with van der Waals surface area (Å²) in [5, 5.41) is 3.13. The standard InChI is InChI=1S/C8H11ClN2/c9-5-6-11-8-3-1-7(10)2-4-8/h1-4,11H,5-6,10H2. The van der Waals surface area contributed by atoms with E-state index < -0.39 is 0 Å². The van der Waals surface area contributed by atoms with Crippen LogP contribution in [0.5, 0.6) is 0 Å². The van der Waals surface area contributed by atoms with Crippen LogP contribution >= 0.6 is 11.6 Å². The van der Waals surface area contributed by atoms with E-state index in [9.17, 15) is 0 Å². The molecule has 0 aliphatic carbocycles. The van der Waals surface area contributed by atoms with Crippen LogP contribution < -0.4 is 11.1 Å². The fourth-order valence-corrected chi connectivity index (χ4v) is 0.887. The van der Waals surface area contributed by atoms with E-state index in [0.717, 1.165) is 17.9 Å². The molecule has 0 amide bonds. The van der Waals surface area contributed by atoms with Crippen molar-refractivity contribution >= 4 is 23.0 Å². The van der Waals surface area contributed by atoms with Crippen LogP contribution in [0.3, 0.4) is 0 Å². The molecular weight excluding hydrogens is 160 g/mol. The zero-order chi connectivity index (χ0) is 8.10. The average molecular weight is 171 g/mol. The topological polar surface area (TPSA) is 38.0 Å². The van der Waals surface area contributed by atoms with E-state index in [2.05, 4.69) is 5.32 Å². The minimum atomic E-state index is 0.615. The lowest BCUT2D eigenvalue weighted by Crippen LogP contribution is -2.01. The van der Waals surface area contributed by atoms with Gasteiger partial charge in [0, 0.05) is 23.8 Å². The highest BCUT2D eigenvalue weighted by Gasteiger charge is 1.88. The summed E-state index contributed by atoms with van der Waals surface area (Å²) >= 11 is 5.50. The highest BCUT2D eigenvalue weighted by atomic mass is 35.5. The number of nitrogens with two attached hydrogens (primary N) is 1. The molecule has 3 heteroatoms. The van der Waals surface area contributed by atoms with Crippen LogP contribution in [0.1, 0.15) is 0 Å². The van der Waals surface area contributed by atoms with Gasteiger partial charge < -0.3 is 11.1 Å². The molecule has 0 atom stereocenters. The van der Waals surface area contributed by atoms with Crippen molar-refractivity contribution in [3.8, 4) is 0 Å². The molecular formula is C8H11ClN2. The number of benzene rings is 1. The summed E-state index contributed by atoms with van der Waals surface area (Å²) in [5.41, 5.74) is 7.34. The van der Waals surface area contributed by atoms with Gasteiger partial charge in [0.1, 0.15) is 0 Å². The Balaban J connectivity index is 2.52. The molecule has 0 fully saturated rings. The van der Waals surface area contributed by atoms with Crippen LogP contribution in [0.25, 0.3) is 0 Å². The van der Waals surface area contributed by atoms with E-state index in [0.29, 0.717) is 5.88 Å². The smallest absolute Gasteiger partial charge is 0.0396 e. The molecule has 0 radical (unpaired) electrons. The molecule has 1 aromatic carbocycles. The van der Waals surface area contributed by atoms with Crippen molar-refractivity contribution < 1.29 is 0 Å². The second kappa shape index (κ2) is 4.09. The molecule has 0 bridgehead atoms. The number of hydrogen-bond donors (Lipinski definition) is 2. The molecule has 11 heavy (non-hydrogen) atoms. The van der Waals surface area contributed by atoms with Crippen molar-refractivity contribution in [2.24, 2.45) is 0 Å². The molecule has 0 aromatic heterocycles. The Bertz CT molecular complexity index is 208. The molecule has 0 aliphatic rings. The summed E-state index contributed by atoms with van der Waals surface area (Å²) in [7, 11) is 0. The van der Waals surface area contributed by atoms with E-state index in [4.69, 9.17) is 17.3 Å². The third-order valence-electron chi connectivity index (χ3n) is 1.33. The van der Waals surface area contributed by atoms with E-state index in [-0.39, 0.29) is 0 Å². The first-order chi connectivity index (χ1) is 5.33. The molecule has 0 aliphatic heterocycles. The summed E-state index contributed by atoms with van der Waals surface area (Å²) in [6.45, 7) is 0.783. The molecule has 0 saturated carbocycles. The van der Waals surface area contributed by atoms with Crippen molar-refractivity contribution in [3.05, 3.63) is 24.3 Å². The molecule has 1 aromatic rings. The third kappa shape index (κ3) is 2.68. The molecule has 0 saturated heterocycles. The Morgan fingerprint density at radius 2 is 1.91 bits per heavy atom. The summed E-state index contributed by atoms with van der Waals surface area (Å²) in [6, 6.07) is 7.58. The summed E-state index contributed by atoms with van der Waals surface area (Å²) < 4.78 is 0. The fourth-order valence-electron chi connectivity index (χ4n) is 0.793. The first-order valence-corrected chi connectivity index (χ1v) is 4.02. The van der Waals surface area contributed by atoms with Gasteiger partial charge in [0.05, 0.1) is 0 Å². The first kappa shape index (κ1) is 8.21. The third-order valence-corrected chi connectivity index (χ3v) is 1.52. The fraction of sp³-hybridized carbons (Fsp3) is 0.250. The van der Waals surface area contributed by atoms with Gasteiger partial charge in [0.25, 0.3) is 0 Å². The minimum Gasteiger partial charge on any atom is -0.399 e. The van der Waals surface area contributed by atoms with Crippen LogP contribution in [0.4, 0.5) is 11.4 Å². The predicted octanol–water partition coefficient (Wildman–Crippen LogP) is 1.92. The molecule has 2 nitrogen and oxygen atoms in total. The van der Waals surface area contributed by atoms with Gasteiger partial charge in [-0.3, -0.25) is 0 Å². The van der Waals surface area contributed by atoms with Crippen LogP contribution in [0, 0.1) is 0 Å². The van der Waals surface area contributed by atoms with Crippen LogP contribution in [-0.4, -0.2) is 12.4 Å². The van der Waals surface area contributed by atoms with Crippen LogP contribution in [0.2, 0.25) is 0 Å². The van der Waals surface area contributed by atoms with Crippen molar-refractivity contribution in [3.63, 3.8) is 0 Å². The lowest BCUT2D eigenvalue weighted by atomic mass is 10.3. The van der Waals surface area contributed by atoms with Crippen molar-refractivity contribution in [1.82, 2.24) is 0 Å². The number of halogens is 1. The Hall–Kier alpha value is -0.890. The molecule has 60 valence electrons. The van der Waals surface area contributed by atoms with Gasteiger partial charge in [-0.1, -0.05) is 0 Å². The van der Waals surface area contributed by atoms with Gasteiger partial charge >= 0.3 is 0 Å². The van der Waals surface area contributed by atoms with Crippen molar-refractivity contribution in [2.75, 3.05) is 23.5 Å². The Labute approximate surface area is 71.4 Å². The van der Waals surface area contributed by atoms with Gasteiger partial charge in [-0.05, 0) is 24.3 Å². The summed E-state index contributed by atoms with van der Waals surface area (Å²) in [5.74, 6) is 0.615. The second-order valence-corrected chi connectivity index (χ2v) is 2.62. The predicted molar refractivity (Wildman–Crippen MR) is 50.1 cm³/mol. The Kier molecular flexibility index (Phi) is 3.05. The van der Waals surface area contributed by atoms with E-state index in [1.165, 1.54) is 0 Å². The van der Waals surface area contributed by atoms with E-state index in [1.54, 1.807) is 0 Å². The highest BCUT2D eigenvalue weighted by molar-refractivity contribution is 6.18. The number of hydrogen-bond acceptors (Lipinski definition) is 2. The van der Waals surface area contributed by atoms with Gasteiger partial charge in [0.2, 0.25) is 0 Å². The van der Waals surface area contributed by atoms with Crippen LogP contribution in [-0.2, 0) is 0 Å². The molecule has 0 spiro atoms. The maximum Gasteiger partial charge on any atom is 0.0396 e. The van der Waals surface area contributed by atoms with Gasteiger partial charge in [-0.15, -0.1) is 11.6 Å². The zero-order valence-electron chi connectivity index (χ0n) is 6.18. The Morgan fingerprint density at radius 3 is 2.45 bits per heavy atom. The molecule has 1 rings (SSSR count). The average Bonchev–Trinajstić information content (AvgIpc) is 2.04. The second-order valence-electron chi connectivity index (χ2n) is 2.24. The molecule has 3 N–H and O–H groups in total. The SMILES string of the molecule is Nc1ccc(NCCCl)cc1. The van der Waals surface area contributed by atoms with Crippen molar-refractivity contribution in [1.29, 1.82) is 0 Å². The number of rotatable bonds is 3. The largest absolute Gasteiger partial charge is 0.399 e. The molecule has 0 heterocycles. The first-order valence-electron chi connectivity index (χ1n) is 3.48.